The molecule has 0 aliphatic carbocycles. The van der Waals surface area contributed by atoms with Gasteiger partial charge in [-0.1, -0.05) is 0 Å². The Morgan fingerprint density at radius 3 is 2.55 bits per heavy atom. The molecule has 8 heteroatoms. The second-order valence-electron chi connectivity index (χ2n) is 4.17. The summed E-state index contributed by atoms with van der Waals surface area (Å²) < 4.78 is 22.9. The molecular formula is C12H15N3O4S. The van der Waals surface area contributed by atoms with E-state index in [1.165, 1.54) is 12.1 Å². The van der Waals surface area contributed by atoms with E-state index in [0.29, 0.717) is 18.8 Å². The van der Waals surface area contributed by atoms with Crippen LogP contribution in [-0.4, -0.2) is 32.7 Å². The van der Waals surface area contributed by atoms with Crippen LogP contribution >= 0.6 is 0 Å². The van der Waals surface area contributed by atoms with Crippen molar-refractivity contribution < 1.29 is 13.3 Å². The highest BCUT2D eigenvalue weighted by atomic mass is 32.2. The minimum atomic E-state index is -3.50. The molecule has 0 saturated carbocycles. The van der Waals surface area contributed by atoms with E-state index in [1.807, 2.05) is 13.0 Å². The highest BCUT2D eigenvalue weighted by Crippen LogP contribution is 2.30. The van der Waals surface area contributed by atoms with E-state index in [-0.39, 0.29) is 17.0 Å². The predicted molar refractivity (Wildman–Crippen MR) is 74.3 cm³/mol. The zero-order valence-electron chi connectivity index (χ0n) is 11.2. The molecule has 0 aliphatic rings. The number of nitrogens with zero attached hydrogens (tertiary/aromatic N) is 3. The lowest BCUT2D eigenvalue weighted by Gasteiger charge is -2.21. The summed E-state index contributed by atoms with van der Waals surface area (Å²) in [7, 11) is -3.50. The van der Waals surface area contributed by atoms with Crippen molar-refractivity contribution in [2.45, 2.75) is 18.2 Å². The SMILES string of the molecule is CCN(CCC#N)c1ccc(S(C)(=O)=O)cc1[N+](=O)[O-]. The van der Waals surface area contributed by atoms with Gasteiger partial charge in [-0.15, -0.1) is 0 Å². The summed E-state index contributed by atoms with van der Waals surface area (Å²) >= 11 is 0. The zero-order chi connectivity index (χ0) is 15.3. The van der Waals surface area contributed by atoms with Crippen molar-refractivity contribution in [3.63, 3.8) is 0 Å². The number of benzene rings is 1. The van der Waals surface area contributed by atoms with Gasteiger partial charge in [0.25, 0.3) is 5.69 Å². The number of hydrogen-bond donors (Lipinski definition) is 0. The molecule has 1 aromatic rings. The van der Waals surface area contributed by atoms with Gasteiger partial charge in [-0.05, 0) is 19.1 Å². The molecular weight excluding hydrogens is 282 g/mol. The maximum atomic E-state index is 11.5. The minimum absolute atomic E-state index is 0.0933. The van der Waals surface area contributed by atoms with Gasteiger partial charge in [0.2, 0.25) is 0 Å². The van der Waals surface area contributed by atoms with E-state index in [1.54, 1.807) is 4.90 Å². The van der Waals surface area contributed by atoms with Crippen LogP contribution in [0.2, 0.25) is 0 Å². The highest BCUT2D eigenvalue weighted by molar-refractivity contribution is 7.90. The smallest absolute Gasteiger partial charge is 0.293 e. The lowest BCUT2D eigenvalue weighted by Crippen LogP contribution is -2.24. The zero-order valence-corrected chi connectivity index (χ0v) is 12.1. The van der Waals surface area contributed by atoms with Crippen LogP contribution in [0, 0.1) is 21.4 Å². The van der Waals surface area contributed by atoms with Gasteiger partial charge in [0.1, 0.15) is 5.69 Å². The number of sulfone groups is 1. The van der Waals surface area contributed by atoms with Crippen LogP contribution in [0.5, 0.6) is 0 Å². The molecule has 0 aliphatic heterocycles. The van der Waals surface area contributed by atoms with Crippen LogP contribution in [0.1, 0.15) is 13.3 Å². The van der Waals surface area contributed by atoms with Crippen LogP contribution in [0.4, 0.5) is 11.4 Å². The van der Waals surface area contributed by atoms with Crippen LogP contribution in [0.15, 0.2) is 23.1 Å². The van der Waals surface area contributed by atoms with E-state index in [2.05, 4.69) is 0 Å². The Balaban J connectivity index is 3.33. The van der Waals surface area contributed by atoms with Gasteiger partial charge >= 0.3 is 0 Å². The summed E-state index contributed by atoms with van der Waals surface area (Å²) in [5.41, 5.74) is 0.0489. The van der Waals surface area contributed by atoms with Gasteiger partial charge in [0, 0.05) is 25.4 Å². The first-order valence-electron chi connectivity index (χ1n) is 5.91. The number of nitro groups is 1. The fourth-order valence-electron chi connectivity index (χ4n) is 1.78. The Morgan fingerprint density at radius 1 is 1.45 bits per heavy atom. The number of anilines is 1. The van der Waals surface area contributed by atoms with Crippen molar-refractivity contribution in [2.24, 2.45) is 0 Å². The average molecular weight is 297 g/mol. The first kappa shape index (κ1) is 15.9. The highest BCUT2D eigenvalue weighted by Gasteiger charge is 2.21. The number of rotatable bonds is 6. The normalized spacial score (nSPS) is 10.8. The van der Waals surface area contributed by atoms with E-state index >= 15 is 0 Å². The standard InChI is InChI=1S/C12H15N3O4S/c1-3-14(8-4-7-13)11-6-5-10(20(2,18)19)9-12(11)15(16)17/h5-6,9H,3-4,8H2,1-2H3. The third-order valence-electron chi connectivity index (χ3n) is 2.79. The van der Waals surface area contributed by atoms with Crippen molar-refractivity contribution in [2.75, 3.05) is 24.2 Å². The second-order valence-corrected chi connectivity index (χ2v) is 6.18. The van der Waals surface area contributed by atoms with Crippen molar-refractivity contribution in [1.29, 1.82) is 5.26 Å². The van der Waals surface area contributed by atoms with Crippen molar-refractivity contribution in [3.8, 4) is 6.07 Å². The van der Waals surface area contributed by atoms with E-state index in [4.69, 9.17) is 5.26 Å². The molecule has 0 bridgehead atoms. The van der Waals surface area contributed by atoms with Gasteiger partial charge in [-0.3, -0.25) is 10.1 Å². The molecule has 0 radical (unpaired) electrons. The molecule has 1 aromatic carbocycles. The molecule has 0 atom stereocenters. The first-order valence-corrected chi connectivity index (χ1v) is 7.80. The quantitative estimate of drug-likeness (QED) is 0.585. The predicted octanol–water partition coefficient (Wildman–Crippen LogP) is 1.74. The van der Waals surface area contributed by atoms with Crippen molar-refractivity contribution in [1.82, 2.24) is 0 Å². The fourth-order valence-corrected chi connectivity index (χ4v) is 2.42. The molecule has 0 spiro atoms. The maximum absolute atomic E-state index is 11.5. The molecule has 20 heavy (non-hydrogen) atoms. The molecule has 108 valence electrons. The average Bonchev–Trinajstić information content (AvgIpc) is 2.38. The van der Waals surface area contributed by atoms with Crippen LogP contribution in [0.25, 0.3) is 0 Å². The monoisotopic (exact) mass is 297 g/mol. The Hall–Kier alpha value is -2.14. The molecule has 0 fully saturated rings. The maximum Gasteiger partial charge on any atom is 0.293 e. The summed E-state index contributed by atoms with van der Waals surface area (Å²) in [4.78, 5) is 12.1. The third-order valence-corrected chi connectivity index (χ3v) is 3.90. The van der Waals surface area contributed by atoms with Crippen molar-refractivity contribution >= 4 is 21.2 Å². The van der Waals surface area contributed by atoms with Gasteiger partial charge in [-0.2, -0.15) is 5.26 Å². The number of nitro benzene ring substituents is 1. The molecule has 0 N–H and O–H groups in total. The fraction of sp³-hybridized carbons (Fsp3) is 0.417. The van der Waals surface area contributed by atoms with Crippen LogP contribution in [0.3, 0.4) is 0 Å². The Labute approximate surface area is 117 Å². The number of nitriles is 1. The van der Waals surface area contributed by atoms with E-state index in [0.717, 1.165) is 12.3 Å². The van der Waals surface area contributed by atoms with Gasteiger partial charge in [0.05, 0.1) is 22.3 Å². The molecule has 0 unspecified atom stereocenters. The topological polar surface area (TPSA) is 104 Å². The molecule has 1 rings (SSSR count). The van der Waals surface area contributed by atoms with Gasteiger partial charge in [0.15, 0.2) is 9.84 Å². The minimum Gasteiger partial charge on any atom is -0.365 e. The lowest BCUT2D eigenvalue weighted by molar-refractivity contribution is -0.384. The summed E-state index contributed by atoms with van der Waals surface area (Å²) in [5, 5.41) is 19.7. The molecule has 0 aromatic heterocycles. The molecule has 7 nitrogen and oxygen atoms in total. The number of hydrogen-bond acceptors (Lipinski definition) is 6. The van der Waals surface area contributed by atoms with Crippen LogP contribution in [-0.2, 0) is 9.84 Å². The first-order chi connectivity index (χ1) is 9.31. The van der Waals surface area contributed by atoms with Gasteiger partial charge < -0.3 is 4.90 Å². The van der Waals surface area contributed by atoms with Crippen LogP contribution < -0.4 is 4.90 Å². The Bertz CT molecular complexity index is 649. The molecule has 0 amide bonds. The van der Waals surface area contributed by atoms with E-state index in [9.17, 15) is 18.5 Å². The summed E-state index contributed by atoms with van der Waals surface area (Å²) in [5.74, 6) is 0. The largest absolute Gasteiger partial charge is 0.365 e. The summed E-state index contributed by atoms with van der Waals surface area (Å²) in [6.45, 7) is 2.65. The second kappa shape index (κ2) is 6.34. The molecule has 0 heterocycles. The Kier molecular flexibility index (Phi) is 5.05. The Morgan fingerprint density at radius 2 is 2.10 bits per heavy atom. The lowest BCUT2D eigenvalue weighted by atomic mass is 10.2. The van der Waals surface area contributed by atoms with Gasteiger partial charge in [-0.25, -0.2) is 8.42 Å². The summed E-state index contributed by atoms with van der Waals surface area (Å²) in [6, 6.07) is 5.79. The van der Waals surface area contributed by atoms with E-state index < -0.39 is 14.8 Å². The summed E-state index contributed by atoms with van der Waals surface area (Å²) in [6.07, 6.45) is 1.23. The van der Waals surface area contributed by atoms with Crippen molar-refractivity contribution in [3.05, 3.63) is 28.3 Å². The third kappa shape index (κ3) is 3.68. The molecule has 0 saturated heterocycles.